The van der Waals surface area contributed by atoms with Crippen molar-refractivity contribution in [2.24, 2.45) is 11.7 Å². The van der Waals surface area contributed by atoms with E-state index in [0.717, 1.165) is 0 Å². The monoisotopic (exact) mass is 358 g/mol. The van der Waals surface area contributed by atoms with Crippen LogP contribution in [0.1, 0.15) is 41.0 Å². The van der Waals surface area contributed by atoms with Gasteiger partial charge in [-0.1, -0.05) is 13.8 Å². The molecule has 0 saturated carbocycles. The molecule has 0 unspecified atom stereocenters. The van der Waals surface area contributed by atoms with Crippen molar-refractivity contribution < 1.29 is 23.9 Å². The van der Waals surface area contributed by atoms with E-state index in [1.165, 1.54) is 32.4 Å². The molecule has 0 radical (unpaired) electrons. The second-order valence-electron chi connectivity index (χ2n) is 5.51. The highest BCUT2D eigenvalue weighted by Crippen LogP contribution is 2.18. The second-order valence-corrected chi connectivity index (χ2v) is 5.51. The van der Waals surface area contributed by atoms with Crippen molar-refractivity contribution in [3.05, 3.63) is 29.3 Å². The molecule has 0 aromatic heterocycles. The lowest BCUT2D eigenvalue weighted by Gasteiger charge is -2.15. The van der Waals surface area contributed by atoms with Crippen LogP contribution >= 0.6 is 12.4 Å². The molecule has 3 N–H and O–H groups in total. The van der Waals surface area contributed by atoms with Gasteiger partial charge >= 0.3 is 11.9 Å². The maximum Gasteiger partial charge on any atom is 0.337 e. The van der Waals surface area contributed by atoms with Gasteiger partial charge in [0.05, 0.1) is 31.4 Å². The molecule has 1 atom stereocenters. The van der Waals surface area contributed by atoms with E-state index in [1.54, 1.807) is 0 Å². The molecule has 0 saturated heterocycles. The van der Waals surface area contributed by atoms with Gasteiger partial charge in [0, 0.05) is 5.69 Å². The smallest absolute Gasteiger partial charge is 0.337 e. The minimum Gasteiger partial charge on any atom is -0.465 e. The van der Waals surface area contributed by atoms with Crippen LogP contribution in [0.4, 0.5) is 5.69 Å². The Kier molecular flexibility index (Phi) is 9.02. The zero-order chi connectivity index (χ0) is 17.6. The predicted octanol–water partition coefficient (Wildman–Crippen LogP) is 1.99. The summed E-state index contributed by atoms with van der Waals surface area (Å²) < 4.78 is 9.27. The average Bonchev–Trinajstić information content (AvgIpc) is 2.52. The SMILES string of the molecule is COC(=O)c1cc(NC(=O)[C@@H](N)CC(C)C)cc(C(=O)OC)c1.Cl. The van der Waals surface area contributed by atoms with Crippen LogP contribution in [0.25, 0.3) is 0 Å². The quantitative estimate of drug-likeness (QED) is 0.753. The first-order valence-electron chi connectivity index (χ1n) is 7.16. The number of nitrogens with one attached hydrogen (secondary N) is 1. The summed E-state index contributed by atoms with van der Waals surface area (Å²) in [6, 6.07) is 3.48. The standard InChI is InChI=1S/C16H22N2O5.ClH/c1-9(2)5-13(17)14(19)18-12-7-10(15(20)22-3)6-11(8-12)16(21)23-4;/h6-9,13H,5,17H2,1-4H3,(H,18,19);1H/t13-;/m0./s1. The van der Waals surface area contributed by atoms with Gasteiger partial charge in [0.25, 0.3) is 0 Å². The van der Waals surface area contributed by atoms with Crippen LogP contribution < -0.4 is 11.1 Å². The molecular formula is C16H23ClN2O5. The summed E-state index contributed by atoms with van der Waals surface area (Å²) in [4.78, 5) is 35.4. The Labute approximate surface area is 147 Å². The third-order valence-electron chi connectivity index (χ3n) is 3.10. The van der Waals surface area contributed by atoms with E-state index in [2.05, 4.69) is 14.8 Å². The highest BCUT2D eigenvalue weighted by molar-refractivity contribution is 6.00. The van der Waals surface area contributed by atoms with Gasteiger partial charge in [-0.15, -0.1) is 12.4 Å². The van der Waals surface area contributed by atoms with Gasteiger partial charge in [-0.3, -0.25) is 4.79 Å². The number of hydrogen-bond acceptors (Lipinski definition) is 6. The highest BCUT2D eigenvalue weighted by atomic mass is 35.5. The molecule has 8 heteroatoms. The number of anilines is 1. The first-order valence-corrected chi connectivity index (χ1v) is 7.16. The van der Waals surface area contributed by atoms with Gasteiger partial charge < -0.3 is 20.5 Å². The molecule has 0 spiro atoms. The summed E-state index contributed by atoms with van der Waals surface area (Å²) in [6.07, 6.45) is 0.520. The second kappa shape index (κ2) is 9.89. The molecule has 0 aliphatic carbocycles. The number of amides is 1. The summed E-state index contributed by atoms with van der Waals surface area (Å²) in [5.41, 5.74) is 6.35. The van der Waals surface area contributed by atoms with Crippen molar-refractivity contribution in [2.45, 2.75) is 26.3 Å². The number of carbonyl (C=O) groups excluding carboxylic acids is 3. The molecular weight excluding hydrogens is 336 g/mol. The number of nitrogens with two attached hydrogens (primary N) is 1. The van der Waals surface area contributed by atoms with Crippen LogP contribution in [-0.4, -0.2) is 38.1 Å². The van der Waals surface area contributed by atoms with Crippen LogP contribution in [0.5, 0.6) is 0 Å². The van der Waals surface area contributed by atoms with Crippen LogP contribution in [0.3, 0.4) is 0 Å². The minimum absolute atomic E-state index is 0. The first-order chi connectivity index (χ1) is 10.8. The zero-order valence-electron chi connectivity index (χ0n) is 14.1. The largest absolute Gasteiger partial charge is 0.465 e. The fourth-order valence-electron chi connectivity index (χ4n) is 2.02. The highest BCUT2D eigenvalue weighted by Gasteiger charge is 2.18. The molecule has 0 heterocycles. The zero-order valence-corrected chi connectivity index (χ0v) is 14.9. The van der Waals surface area contributed by atoms with Gasteiger partial charge in [0.1, 0.15) is 0 Å². The number of rotatable bonds is 6. The molecule has 1 amide bonds. The Morgan fingerprint density at radius 2 is 1.50 bits per heavy atom. The number of halogens is 1. The number of benzene rings is 1. The van der Waals surface area contributed by atoms with Crippen molar-refractivity contribution in [3.63, 3.8) is 0 Å². The number of ether oxygens (including phenoxy) is 2. The Morgan fingerprint density at radius 1 is 1.04 bits per heavy atom. The molecule has 0 aliphatic rings. The molecule has 1 rings (SSSR count). The van der Waals surface area contributed by atoms with E-state index in [-0.39, 0.29) is 35.1 Å². The lowest BCUT2D eigenvalue weighted by atomic mass is 10.0. The van der Waals surface area contributed by atoms with E-state index >= 15 is 0 Å². The van der Waals surface area contributed by atoms with Crippen molar-refractivity contribution in [1.82, 2.24) is 0 Å². The number of carbonyl (C=O) groups is 3. The molecule has 1 aromatic carbocycles. The van der Waals surface area contributed by atoms with Gasteiger partial charge in [0.15, 0.2) is 0 Å². The maximum atomic E-state index is 12.1. The third-order valence-corrected chi connectivity index (χ3v) is 3.10. The molecule has 1 aromatic rings. The Bertz CT molecular complexity index is 570. The molecule has 7 nitrogen and oxygen atoms in total. The molecule has 0 fully saturated rings. The Hall–Kier alpha value is -2.12. The van der Waals surface area contributed by atoms with Crippen molar-refractivity contribution in [2.75, 3.05) is 19.5 Å². The first kappa shape index (κ1) is 21.9. The van der Waals surface area contributed by atoms with Crippen LogP contribution in [0.2, 0.25) is 0 Å². The van der Waals surface area contributed by atoms with Gasteiger partial charge in [-0.25, -0.2) is 9.59 Å². The number of methoxy groups -OCH3 is 2. The van der Waals surface area contributed by atoms with Crippen LogP contribution in [0, 0.1) is 5.92 Å². The van der Waals surface area contributed by atoms with Crippen molar-refractivity contribution in [3.8, 4) is 0 Å². The summed E-state index contributed by atoms with van der Waals surface area (Å²) >= 11 is 0. The molecule has 24 heavy (non-hydrogen) atoms. The van der Waals surface area contributed by atoms with Crippen molar-refractivity contribution in [1.29, 1.82) is 0 Å². The summed E-state index contributed by atoms with van der Waals surface area (Å²) in [5.74, 6) is -1.38. The third kappa shape index (κ3) is 6.17. The van der Waals surface area contributed by atoms with E-state index in [9.17, 15) is 14.4 Å². The van der Waals surface area contributed by atoms with E-state index in [4.69, 9.17) is 5.73 Å². The number of esters is 2. The Balaban J connectivity index is 0.00000529. The average molecular weight is 359 g/mol. The van der Waals surface area contributed by atoms with E-state index in [0.29, 0.717) is 6.42 Å². The summed E-state index contributed by atoms with van der Waals surface area (Å²) in [5, 5.41) is 2.61. The topological polar surface area (TPSA) is 108 Å². The van der Waals surface area contributed by atoms with Gasteiger partial charge in [-0.05, 0) is 30.5 Å². The fourth-order valence-corrected chi connectivity index (χ4v) is 2.02. The van der Waals surface area contributed by atoms with Crippen LogP contribution in [0.15, 0.2) is 18.2 Å². The molecule has 0 aliphatic heterocycles. The van der Waals surface area contributed by atoms with Gasteiger partial charge in [0.2, 0.25) is 5.91 Å². The van der Waals surface area contributed by atoms with Crippen molar-refractivity contribution >= 4 is 35.9 Å². The summed E-state index contributed by atoms with van der Waals surface area (Å²) in [7, 11) is 2.45. The maximum absolute atomic E-state index is 12.1. The van der Waals surface area contributed by atoms with Crippen LogP contribution in [-0.2, 0) is 14.3 Å². The predicted molar refractivity (Wildman–Crippen MR) is 92.4 cm³/mol. The van der Waals surface area contributed by atoms with E-state index < -0.39 is 23.9 Å². The van der Waals surface area contributed by atoms with E-state index in [1.807, 2.05) is 13.8 Å². The molecule has 0 bridgehead atoms. The minimum atomic E-state index is -0.682. The lowest BCUT2D eigenvalue weighted by Crippen LogP contribution is -2.36. The fraction of sp³-hybridized carbons (Fsp3) is 0.438. The number of hydrogen-bond donors (Lipinski definition) is 2. The van der Waals surface area contributed by atoms with Gasteiger partial charge in [-0.2, -0.15) is 0 Å². The lowest BCUT2D eigenvalue weighted by molar-refractivity contribution is -0.117. The summed E-state index contributed by atoms with van der Waals surface area (Å²) in [6.45, 7) is 3.92. The normalized spacial score (nSPS) is 11.2. The molecule has 134 valence electrons. The Morgan fingerprint density at radius 3 is 1.88 bits per heavy atom.